The standard InChI is InChI=1S/C14H23N/c1-3-5-14(11-15)10-13-8-6-12(4-2)7-9-13/h6-9,14H,3-5,10-11,15H2,1-2H3. The summed E-state index contributed by atoms with van der Waals surface area (Å²) >= 11 is 0. The van der Waals surface area contributed by atoms with Crippen LogP contribution in [0.1, 0.15) is 37.8 Å². The molecule has 15 heavy (non-hydrogen) atoms. The predicted molar refractivity (Wildman–Crippen MR) is 67.0 cm³/mol. The van der Waals surface area contributed by atoms with E-state index in [-0.39, 0.29) is 0 Å². The summed E-state index contributed by atoms with van der Waals surface area (Å²) in [5.41, 5.74) is 8.61. The first kappa shape index (κ1) is 12.3. The van der Waals surface area contributed by atoms with Gasteiger partial charge in [0.1, 0.15) is 0 Å². The molecule has 0 heterocycles. The van der Waals surface area contributed by atoms with Crippen molar-refractivity contribution >= 4 is 0 Å². The molecular formula is C14H23N. The Hall–Kier alpha value is -0.820. The van der Waals surface area contributed by atoms with Gasteiger partial charge in [0, 0.05) is 0 Å². The molecule has 0 aliphatic heterocycles. The maximum absolute atomic E-state index is 5.76. The Balaban J connectivity index is 2.55. The SMILES string of the molecule is CCCC(CN)Cc1ccc(CC)cc1. The van der Waals surface area contributed by atoms with Crippen molar-refractivity contribution in [3.63, 3.8) is 0 Å². The fourth-order valence-corrected chi connectivity index (χ4v) is 1.96. The molecule has 84 valence electrons. The van der Waals surface area contributed by atoms with E-state index in [1.807, 2.05) is 0 Å². The van der Waals surface area contributed by atoms with E-state index >= 15 is 0 Å². The zero-order valence-corrected chi connectivity index (χ0v) is 10.00. The van der Waals surface area contributed by atoms with Crippen molar-refractivity contribution in [2.24, 2.45) is 11.7 Å². The van der Waals surface area contributed by atoms with Crippen LogP contribution >= 0.6 is 0 Å². The van der Waals surface area contributed by atoms with E-state index in [1.54, 1.807) is 0 Å². The Kier molecular flexibility index (Phi) is 5.41. The third-order valence-electron chi connectivity index (χ3n) is 2.99. The van der Waals surface area contributed by atoms with Gasteiger partial charge in [0.15, 0.2) is 0 Å². The molecule has 0 aromatic heterocycles. The van der Waals surface area contributed by atoms with E-state index in [0.29, 0.717) is 5.92 Å². The van der Waals surface area contributed by atoms with Crippen molar-refractivity contribution in [2.45, 2.75) is 39.5 Å². The second kappa shape index (κ2) is 6.62. The van der Waals surface area contributed by atoms with Gasteiger partial charge in [0.2, 0.25) is 0 Å². The number of rotatable bonds is 6. The molecule has 0 aliphatic carbocycles. The highest BCUT2D eigenvalue weighted by molar-refractivity contribution is 5.22. The number of nitrogens with two attached hydrogens (primary N) is 1. The lowest BCUT2D eigenvalue weighted by atomic mass is 9.94. The van der Waals surface area contributed by atoms with Gasteiger partial charge in [-0.2, -0.15) is 0 Å². The Labute approximate surface area is 93.7 Å². The minimum atomic E-state index is 0.655. The summed E-state index contributed by atoms with van der Waals surface area (Å²) in [5, 5.41) is 0. The first-order valence-corrected chi connectivity index (χ1v) is 6.08. The predicted octanol–water partition coefficient (Wildman–Crippen LogP) is 3.17. The second-order valence-electron chi connectivity index (χ2n) is 4.26. The van der Waals surface area contributed by atoms with Crippen molar-refractivity contribution in [2.75, 3.05) is 6.54 Å². The fraction of sp³-hybridized carbons (Fsp3) is 0.571. The van der Waals surface area contributed by atoms with Gasteiger partial charge in [0.25, 0.3) is 0 Å². The van der Waals surface area contributed by atoms with Gasteiger partial charge in [-0.15, -0.1) is 0 Å². The lowest BCUT2D eigenvalue weighted by molar-refractivity contribution is 0.487. The smallest absolute Gasteiger partial charge is 0.00457 e. The average molecular weight is 205 g/mol. The fourth-order valence-electron chi connectivity index (χ4n) is 1.96. The normalized spacial score (nSPS) is 12.7. The topological polar surface area (TPSA) is 26.0 Å². The Morgan fingerprint density at radius 1 is 1.07 bits per heavy atom. The molecule has 1 nitrogen and oxygen atoms in total. The van der Waals surface area contributed by atoms with Gasteiger partial charge in [-0.3, -0.25) is 0 Å². The summed E-state index contributed by atoms with van der Waals surface area (Å²) in [5.74, 6) is 0.655. The zero-order valence-electron chi connectivity index (χ0n) is 10.00. The quantitative estimate of drug-likeness (QED) is 0.758. The van der Waals surface area contributed by atoms with Crippen LogP contribution in [-0.2, 0) is 12.8 Å². The van der Waals surface area contributed by atoms with Crippen molar-refractivity contribution in [3.8, 4) is 0 Å². The molecule has 0 amide bonds. The van der Waals surface area contributed by atoms with E-state index in [4.69, 9.17) is 5.73 Å². The summed E-state index contributed by atoms with van der Waals surface area (Å²) in [6.07, 6.45) is 4.73. The van der Waals surface area contributed by atoms with Crippen molar-refractivity contribution < 1.29 is 0 Å². The van der Waals surface area contributed by atoms with Crippen LogP contribution in [0.4, 0.5) is 0 Å². The Morgan fingerprint density at radius 2 is 1.67 bits per heavy atom. The molecule has 2 N–H and O–H groups in total. The van der Waals surface area contributed by atoms with Crippen LogP contribution in [0.2, 0.25) is 0 Å². The highest BCUT2D eigenvalue weighted by Gasteiger charge is 2.06. The number of hydrogen-bond donors (Lipinski definition) is 1. The van der Waals surface area contributed by atoms with Crippen LogP contribution in [0.5, 0.6) is 0 Å². The van der Waals surface area contributed by atoms with E-state index in [2.05, 4.69) is 38.1 Å². The molecule has 0 spiro atoms. The van der Waals surface area contributed by atoms with E-state index in [1.165, 1.54) is 24.0 Å². The minimum Gasteiger partial charge on any atom is -0.330 e. The first-order chi connectivity index (χ1) is 7.30. The summed E-state index contributed by atoms with van der Waals surface area (Å²) in [4.78, 5) is 0. The van der Waals surface area contributed by atoms with Gasteiger partial charge in [-0.25, -0.2) is 0 Å². The molecule has 1 rings (SSSR count). The van der Waals surface area contributed by atoms with E-state index in [9.17, 15) is 0 Å². The van der Waals surface area contributed by atoms with Gasteiger partial charge < -0.3 is 5.73 Å². The summed E-state index contributed by atoms with van der Waals surface area (Å²) in [6, 6.07) is 8.96. The van der Waals surface area contributed by atoms with Crippen LogP contribution in [0.15, 0.2) is 24.3 Å². The summed E-state index contributed by atoms with van der Waals surface area (Å²) in [6.45, 7) is 5.22. The van der Waals surface area contributed by atoms with E-state index in [0.717, 1.165) is 19.4 Å². The lowest BCUT2D eigenvalue weighted by Crippen LogP contribution is -2.16. The number of aryl methyl sites for hydroxylation is 1. The molecule has 0 fully saturated rings. The molecule has 0 radical (unpaired) electrons. The van der Waals surface area contributed by atoms with Gasteiger partial charge in [-0.1, -0.05) is 44.5 Å². The maximum atomic E-state index is 5.76. The Morgan fingerprint density at radius 3 is 2.13 bits per heavy atom. The number of hydrogen-bond acceptors (Lipinski definition) is 1. The van der Waals surface area contributed by atoms with Crippen molar-refractivity contribution in [1.29, 1.82) is 0 Å². The summed E-state index contributed by atoms with van der Waals surface area (Å²) < 4.78 is 0. The molecule has 1 atom stereocenters. The molecule has 1 unspecified atom stereocenters. The lowest BCUT2D eigenvalue weighted by Gasteiger charge is -2.13. The van der Waals surface area contributed by atoms with Crippen molar-refractivity contribution in [1.82, 2.24) is 0 Å². The largest absolute Gasteiger partial charge is 0.330 e. The molecular weight excluding hydrogens is 182 g/mol. The molecule has 1 heteroatoms. The van der Waals surface area contributed by atoms with E-state index < -0.39 is 0 Å². The molecule has 0 saturated carbocycles. The monoisotopic (exact) mass is 205 g/mol. The molecule has 0 saturated heterocycles. The summed E-state index contributed by atoms with van der Waals surface area (Å²) in [7, 11) is 0. The molecule has 0 bridgehead atoms. The second-order valence-corrected chi connectivity index (χ2v) is 4.26. The Bertz CT molecular complexity index is 263. The van der Waals surface area contributed by atoms with Crippen LogP contribution < -0.4 is 5.73 Å². The maximum Gasteiger partial charge on any atom is -0.00457 e. The average Bonchev–Trinajstić information content (AvgIpc) is 2.29. The highest BCUT2D eigenvalue weighted by Crippen LogP contribution is 2.14. The van der Waals surface area contributed by atoms with Crippen molar-refractivity contribution in [3.05, 3.63) is 35.4 Å². The minimum absolute atomic E-state index is 0.655. The van der Waals surface area contributed by atoms with Crippen LogP contribution in [-0.4, -0.2) is 6.54 Å². The molecule has 1 aromatic rings. The van der Waals surface area contributed by atoms with Crippen LogP contribution in [0, 0.1) is 5.92 Å². The van der Waals surface area contributed by atoms with Gasteiger partial charge >= 0.3 is 0 Å². The zero-order chi connectivity index (χ0) is 11.1. The number of benzene rings is 1. The highest BCUT2D eigenvalue weighted by atomic mass is 14.5. The first-order valence-electron chi connectivity index (χ1n) is 6.08. The third kappa shape index (κ3) is 4.05. The molecule has 1 aromatic carbocycles. The third-order valence-corrected chi connectivity index (χ3v) is 2.99. The van der Waals surface area contributed by atoms with Crippen LogP contribution in [0.3, 0.4) is 0 Å². The van der Waals surface area contributed by atoms with Crippen LogP contribution in [0.25, 0.3) is 0 Å². The van der Waals surface area contributed by atoms with Gasteiger partial charge in [0.05, 0.1) is 0 Å². The van der Waals surface area contributed by atoms with Gasteiger partial charge in [-0.05, 0) is 42.9 Å². The molecule has 0 aliphatic rings.